The monoisotopic (exact) mass is 372 g/mol. The molecule has 0 amide bonds. The van der Waals surface area contributed by atoms with Crippen LogP contribution in [0, 0.1) is 13.8 Å². The number of benzene rings is 1. The van der Waals surface area contributed by atoms with Crippen LogP contribution in [0.4, 0.5) is 0 Å². The molecule has 0 aliphatic rings. The number of allylic oxidation sites excluding steroid dienone is 5. The normalized spacial score (nSPS) is 14.9. The highest BCUT2D eigenvalue weighted by atomic mass is 35.5. The highest BCUT2D eigenvalue weighted by Gasteiger charge is 2.16. The molecule has 26 heavy (non-hydrogen) atoms. The summed E-state index contributed by atoms with van der Waals surface area (Å²) >= 11 is 6.51. The summed E-state index contributed by atoms with van der Waals surface area (Å²) < 4.78 is 0. The molecule has 0 aromatic heterocycles. The fourth-order valence-electron chi connectivity index (χ4n) is 3.21. The lowest BCUT2D eigenvalue weighted by Crippen LogP contribution is -2.12. The van der Waals surface area contributed by atoms with Crippen LogP contribution in [0.15, 0.2) is 59.4 Å². The minimum Gasteiger partial charge on any atom is -0.402 e. The van der Waals surface area contributed by atoms with Gasteiger partial charge in [-0.15, -0.1) is 0 Å². The standard InChI is InChI=1S/C23H33ClN2/c1-8-19(20(9-2)14-26-7)13-21(18(6)25)12-16(4)23-17(5)15(3)10-11-22(23)24/h8-11,13,16,26H,1,12,14,25H2,2-7H3/b19-13+,20-9+,21-18+. The largest absolute Gasteiger partial charge is 0.402 e. The zero-order chi connectivity index (χ0) is 19.9. The molecular weight excluding hydrogens is 340 g/mol. The summed E-state index contributed by atoms with van der Waals surface area (Å²) in [4.78, 5) is 0. The van der Waals surface area contributed by atoms with E-state index in [4.69, 9.17) is 17.3 Å². The van der Waals surface area contributed by atoms with E-state index < -0.39 is 0 Å². The number of aryl methyl sites for hydroxylation is 1. The van der Waals surface area contributed by atoms with E-state index in [2.05, 4.69) is 50.9 Å². The first-order valence-electron chi connectivity index (χ1n) is 9.11. The summed E-state index contributed by atoms with van der Waals surface area (Å²) in [5.41, 5.74) is 14.2. The molecule has 2 nitrogen and oxygen atoms in total. The summed E-state index contributed by atoms with van der Waals surface area (Å²) in [6.45, 7) is 15.2. The molecular formula is C23H33ClN2. The van der Waals surface area contributed by atoms with E-state index in [9.17, 15) is 0 Å². The molecule has 0 heterocycles. The Morgan fingerprint density at radius 3 is 2.50 bits per heavy atom. The van der Waals surface area contributed by atoms with Crippen molar-refractivity contribution in [2.45, 2.75) is 47.0 Å². The zero-order valence-corrected chi connectivity index (χ0v) is 17.8. The molecule has 0 radical (unpaired) electrons. The fourth-order valence-corrected chi connectivity index (χ4v) is 3.60. The van der Waals surface area contributed by atoms with Crippen molar-refractivity contribution in [3.05, 3.63) is 81.1 Å². The highest BCUT2D eigenvalue weighted by Crippen LogP contribution is 2.34. The van der Waals surface area contributed by atoms with Crippen molar-refractivity contribution in [2.24, 2.45) is 5.73 Å². The van der Waals surface area contributed by atoms with Gasteiger partial charge in [0, 0.05) is 17.3 Å². The number of hydrogen-bond acceptors (Lipinski definition) is 2. The van der Waals surface area contributed by atoms with E-state index in [0.29, 0.717) is 0 Å². The Balaban J connectivity index is 3.26. The minimum absolute atomic E-state index is 0.275. The van der Waals surface area contributed by atoms with Crippen LogP contribution < -0.4 is 11.1 Å². The van der Waals surface area contributed by atoms with Gasteiger partial charge in [0.25, 0.3) is 0 Å². The Kier molecular flexibility index (Phi) is 8.91. The molecule has 0 saturated carbocycles. The minimum atomic E-state index is 0.275. The van der Waals surface area contributed by atoms with Crippen LogP contribution in [0.1, 0.15) is 49.8 Å². The van der Waals surface area contributed by atoms with Crippen LogP contribution in [0.25, 0.3) is 0 Å². The molecule has 0 spiro atoms. The van der Waals surface area contributed by atoms with Crippen molar-refractivity contribution < 1.29 is 0 Å². The lowest BCUT2D eigenvalue weighted by atomic mass is 9.87. The van der Waals surface area contributed by atoms with Gasteiger partial charge in [0.15, 0.2) is 0 Å². The van der Waals surface area contributed by atoms with Crippen molar-refractivity contribution in [2.75, 3.05) is 13.6 Å². The van der Waals surface area contributed by atoms with Gasteiger partial charge >= 0.3 is 0 Å². The summed E-state index contributed by atoms with van der Waals surface area (Å²) in [7, 11) is 1.94. The Morgan fingerprint density at radius 2 is 2.00 bits per heavy atom. The summed E-state index contributed by atoms with van der Waals surface area (Å²) in [6, 6.07) is 4.06. The Bertz CT molecular complexity index is 735. The lowest BCUT2D eigenvalue weighted by molar-refractivity contribution is 0.748. The molecule has 0 aliphatic heterocycles. The van der Waals surface area contributed by atoms with Crippen LogP contribution in [0.5, 0.6) is 0 Å². The van der Waals surface area contributed by atoms with Crippen molar-refractivity contribution in [1.82, 2.24) is 5.32 Å². The van der Waals surface area contributed by atoms with Crippen LogP contribution in [-0.4, -0.2) is 13.6 Å². The van der Waals surface area contributed by atoms with E-state index in [-0.39, 0.29) is 5.92 Å². The van der Waals surface area contributed by atoms with E-state index >= 15 is 0 Å². The third kappa shape index (κ3) is 5.62. The first-order chi connectivity index (χ1) is 12.3. The van der Waals surface area contributed by atoms with E-state index in [1.165, 1.54) is 22.3 Å². The Labute approximate surface area is 164 Å². The molecule has 1 aromatic carbocycles. The first kappa shape index (κ1) is 22.3. The van der Waals surface area contributed by atoms with Gasteiger partial charge in [-0.25, -0.2) is 0 Å². The lowest BCUT2D eigenvalue weighted by Gasteiger charge is -2.20. The molecule has 3 N–H and O–H groups in total. The number of rotatable bonds is 8. The Morgan fingerprint density at radius 1 is 1.35 bits per heavy atom. The molecule has 1 unspecified atom stereocenters. The average molecular weight is 373 g/mol. The van der Waals surface area contributed by atoms with Crippen LogP contribution in [0.2, 0.25) is 5.02 Å². The van der Waals surface area contributed by atoms with Crippen LogP contribution >= 0.6 is 11.6 Å². The second kappa shape index (κ2) is 10.4. The molecule has 1 atom stereocenters. The van der Waals surface area contributed by atoms with E-state index in [1.807, 2.05) is 33.0 Å². The second-order valence-corrected chi connectivity index (χ2v) is 7.27. The fraction of sp³-hybridized carbons (Fsp3) is 0.391. The second-order valence-electron chi connectivity index (χ2n) is 6.86. The Hall–Kier alpha value is -1.77. The van der Waals surface area contributed by atoms with Gasteiger partial charge in [0.1, 0.15) is 0 Å². The van der Waals surface area contributed by atoms with Gasteiger partial charge < -0.3 is 11.1 Å². The molecule has 1 aromatic rings. The first-order valence-corrected chi connectivity index (χ1v) is 9.49. The SMILES string of the molecule is C=CC(=C\C(CC(C)c1c(Cl)ccc(C)c1C)=C(/C)N)/C(=C/C)CNC. The summed E-state index contributed by atoms with van der Waals surface area (Å²) in [6.07, 6.45) is 6.99. The predicted molar refractivity (Wildman–Crippen MR) is 117 cm³/mol. The van der Waals surface area contributed by atoms with Crippen molar-refractivity contribution in [3.63, 3.8) is 0 Å². The number of halogens is 1. The highest BCUT2D eigenvalue weighted by molar-refractivity contribution is 6.31. The summed E-state index contributed by atoms with van der Waals surface area (Å²) in [5, 5.41) is 4.03. The maximum atomic E-state index is 6.51. The number of nitrogens with one attached hydrogen (secondary N) is 1. The van der Waals surface area contributed by atoms with Gasteiger partial charge in [-0.2, -0.15) is 0 Å². The third-order valence-corrected chi connectivity index (χ3v) is 5.22. The van der Waals surface area contributed by atoms with Gasteiger partial charge in [-0.1, -0.05) is 43.3 Å². The van der Waals surface area contributed by atoms with Gasteiger partial charge in [0.05, 0.1) is 0 Å². The average Bonchev–Trinajstić information content (AvgIpc) is 2.60. The van der Waals surface area contributed by atoms with Crippen LogP contribution in [-0.2, 0) is 0 Å². The maximum Gasteiger partial charge on any atom is 0.0443 e. The zero-order valence-electron chi connectivity index (χ0n) is 17.0. The smallest absolute Gasteiger partial charge is 0.0443 e. The molecule has 0 aliphatic carbocycles. The van der Waals surface area contributed by atoms with Gasteiger partial charge in [0.2, 0.25) is 0 Å². The van der Waals surface area contributed by atoms with Crippen molar-refractivity contribution >= 4 is 11.6 Å². The quantitative estimate of drug-likeness (QED) is 0.552. The maximum absolute atomic E-state index is 6.51. The van der Waals surface area contributed by atoms with E-state index in [1.54, 1.807) is 0 Å². The molecule has 0 fully saturated rings. The number of hydrogen-bond donors (Lipinski definition) is 2. The number of likely N-dealkylation sites (N-methyl/N-ethyl adjacent to an activating group) is 1. The molecule has 0 saturated heterocycles. The van der Waals surface area contributed by atoms with Crippen LogP contribution in [0.3, 0.4) is 0 Å². The van der Waals surface area contributed by atoms with Gasteiger partial charge in [-0.3, -0.25) is 0 Å². The van der Waals surface area contributed by atoms with Gasteiger partial charge in [-0.05, 0) is 92.6 Å². The number of nitrogens with two attached hydrogens (primary N) is 1. The van der Waals surface area contributed by atoms with Crippen molar-refractivity contribution in [1.29, 1.82) is 0 Å². The molecule has 1 rings (SSSR count). The van der Waals surface area contributed by atoms with Crippen molar-refractivity contribution in [3.8, 4) is 0 Å². The van der Waals surface area contributed by atoms with E-state index in [0.717, 1.165) is 34.8 Å². The molecule has 3 heteroatoms. The molecule has 142 valence electrons. The predicted octanol–water partition coefficient (Wildman–Crippen LogP) is 5.96. The topological polar surface area (TPSA) is 38.0 Å². The molecule has 0 bridgehead atoms. The summed E-state index contributed by atoms with van der Waals surface area (Å²) in [5.74, 6) is 0.275. The third-order valence-electron chi connectivity index (χ3n) is 4.89.